The van der Waals surface area contributed by atoms with Gasteiger partial charge in [0.1, 0.15) is 0 Å². The summed E-state index contributed by atoms with van der Waals surface area (Å²) in [5, 5.41) is 3.11. The lowest BCUT2D eigenvalue weighted by Crippen LogP contribution is -2.48. The fourth-order valence-corrected chi connectivity index (χ4v) is 3.19. The van der Waals surface area contributed by atoms with Crippen molar-refractivity contribution in [1.82, 2.24) is 5.32 Å². The van der Waals surface area contributed by atoms with E-state index in [1.165, 1.54) is 0 Å². The minimum atomic E-state index is -0.213. The van der Waals surface area contributed by atoms with Crippen LogP contribution >= 0.6 is 11.6 Å². The molecule has 21 heavy (non-hydrogen) atoms. The molecular formula is C16H22ClNO3. The van der Waals surface area contributed by atoms with Crippen molar-refractivity contribution in [2.45, 2.75) is 37.6 Å². The maximum atomic E-state index is 12.2. The Labute approximate surface area is 130 Å². The van der Waals surface area contributed by atoms with Crippen LogP contribution in [0.5, 0.6) is 11.5 Å². The average Bonchev–Trinajstić information content (AvgIpc) is 2.96. The number of hydrogen-bond acceptors (Lipinski definition) is 3. The number of rotatable bonds is 6. The number of ether oxygens (including phenoxy) is 2. The molecule has 1 fully saturated rings. The number of methoxy groups -OCH3 is 2. The van der Waals surface area contributed by atoms with E-state index < -0.39 is 0 Å². The van der Waals surface area contributed by atoms with Crippen LogP contribution in [0.2, 0.25) is 0 Å². The fraction of sp³-hybridized carbons (Fsp3) is 0.562. The number of hydrogen-bond donors (Lipinski definition) is 1. The molecule has 0 aliphatic heterocycles. The van der Waals surface area contributed by atoms with Crippen LogP contribution in [0.25, 0.3) is 0 Å². The molecule has 1 saturated carbocycles. The van der Waals surface area contributed by atoms with Gasteiger partial charge in [0.05, 0.1) is 26.2 Å². The normalized spacial score (nSPS) is 16.5. The second kappa shape index (κ2) is 7.03. The maximum absolute atomic E-state index is 12.2. The highest BCUT2D eigenvalue weighted by atomic mass is 35.5. The first-order valence-corrected chi connectivity index (χ1v) is 7.74. The van der Waals surface area contributed by atoms with Crippen LogP contribution in [0.1, 0.15) is 31.2 Å². The summed E-state index contributed by atoms with van der Waals surface area (Å²) in [5.41, 5.74) is 0.683. The van der Waals surface area contributed by atoms with Gasteiger partial charge in [0.25, 0.3) is 0 Å². The molecule has 0 spiro atoms. The summed E-state index contributed by atoms with van der Waals surface area (Å²) in [6.07, 6.45) is 4.51. The maximum Gasteiger partial charge on any atom is 0.224 e. The standard InChI is InChI=1S/C16H22ClNO3/c1-20-13-6-5-12(9-14(13)21-2)10-15(19)18-16(11-17)7-3-4-8-16/h5-6,9H,3-4,7-8,10-11H2,1-2H3,(H,18,19). The number of halogens is 1. The molecule has 1 amide bonds. The molecule has 0 bridgehead atoms. The largest absolute Gasteiger partial charge is 0.493 e. The minimum Gasteiger partial charge on any atom is -0.493 e. The Morgan fingerprint density at radius 2 is 1.90 bits per heavy atom. The predicted octanol–water partition coefficient (Wildman–Crippen LogP) is 2.91. The van der Waals surface area contributed by atoms with Crippen molar-refractivity contribution in [1.29, 1.82) is 0 Å². The van der Waals surface area contributed by atoms with Crippen LogP contribution < -0.4 is 14.8 Å². The molecule has 0 aromatic heterocycles. The minimum absolute atomic E-state index is 0.00442. The van der Waals surface area contributed by atoms with E-state index in [-0.39, 0.29) is 11.4 Å². The molecule has 0 heterocycles. The van der Waals surface area contributed by atoms with Crippen molar-refractivity contribution in [3.8, 4) is 11.5 Å². The Balaban J connectivity index is 2.02. The molecule has 1 aliphatic rings. The van der Waals surface area contributed by atoms with Gasteiger partial charge in [0.2, 0.25) is 5.91 Å². The number of carbonyl (C=O) groups excluding carboxylic acids is 1. The van der Waals surface area contributed by atoms with E-state index in [4.69, 9.17) is 21.1 Å². The summed E-state index contributed by atoms with van der Waals surface area (Å²) in [6, 6.07) is 5.53. The first kappa shape index (κ1) is 16.0. The van der Waals surface area contributed by atoms with Gasteiger partial charge in [-0.15, -0.1) is 11.6 Å². The van der Waals surface area contributed by atoms with Crippen LogP contribution in [-0.2, 0) is 11.2 Å². The lowest BCUT2D eigenvalue weighted by molar-refractivity contribution is -0.122. The molecule has 5 heteroatoms. The second-order valence-electron chi connectivity index (χ2n) is 5.54. The van der Waals surface area contributed by atoms with Crippen molar-refractivity contribution in [3.05, 3.63) is 23.8 Å². The topological polar surface area (TPSA) is 47.6 Å². The van der Waals surface area contributed by atoms with E-state index in [0.29, 0.717) is 23.8 Å². The Bertz CT molecular complexity index is 498. The van der Waals surface area contributed by atoms with Gasteiger partial charge in [0.15, 0.2) is 11.5 Å². The summed E-state index contributed by atoms with van der Waals surface area (Å²) in [5.74, 6) is 1.78. The van der Waals surface area contributed by atoms with Gasteiger partial charge < -0.3 is 14.8 Å². The van der Waals surface area contributed by atoms with Crippen LogP contribution in [0, 0.1) is 0 Å². The summed E-state index contributed by atoms with van der Waals surface area (Å²) < 4.78 is 10.4. The van der Waals surface area contributed by atoms with Gasteiger partial charge in [-0.3, -0.25) is 4.79 Å². The van der Waals surface area contributed by atoms with Crippen LogP contribution in [0.4, 0.5) is 0 Å². The average molecular weight is 312 g/mol. The van der Waals surface area contributed by atoms with E-state index >= 15 is 0 Å². The first-order chi connectivity index (χ1) is 10.1. The highest BCUT2D eigenvalue weighted by Gasteiger charge is 2.34. The second-order valence-corrected chi connectivity index (χ2v) is 5.80. The molecule has 2 rings (SSSR count). The molecule has 116 valence electrons. The van der Waals surface area contributed by atoms with Crippen molar-refractivity contribution in [2.24, 2.45) is 0 Å². The molecular weight excluding hydrogens is 290 g/mol. The van der Waals surface area contributed by atoms with E-state index in [9.17, 15) is 4.79 Å². The van der Waals surface area contributed by atoms with Gasteiger partial charge in [-0.05, 0) is 30.5 Å². The molecule has 0 unspecified atom stereocenters. The summed E-state index contributed by atoms with van der Waals surface area (Å²) in [4.78, 5) is 12.2. The third-order valence-electron chi connectivity index (χ3n) is 4.03. The van der Waals surface area contributed by atoms with Gasteiger partial charge in [-0.25, -0.2) is 0 Å². The molecule has 0 atom stereocenters. The van der Waals surface area contributed by atoms with Gasteiger partial charge in [-0.1, -0.05) is 18.9 Å². The predicted molar refractivity (Wildman–Crippen MR) is 83.3 cm³/mol. The van der Waals surface area contributed by atoms with Gasteiger partial charge in [0, 0.05) is 5.88 Å². The third kappa shape index (κ3) is 3.82. The lowest BCUT2D eigenvalue weighted by atomic mass is 9.99. The molecule has 4 nitrogen and oxygen atoms in total. The monoisotopic (exact) mass is 311 g/mol. The third-order valence-corrected chi connectivity index (χ3v) is 4.55. The van der Waals surface area contributed by atoms with Crippen molar-refractivity contribution in [3.63, 3.8) is 0 Å². The van der Waals surface area contributed by atoms with E-state index in [2.05, 4.69) is 5.32 Å². The summed E-state index contributed by atoms with van der Waals surface area (Å²) in [6.45, 7) is 0. The molecule has 1 aliphatic carbocycles. The molecule has 1 N–H and O–H groups in total. The van der Waals surface area contributed by atoms with Crippen LogP contribution in [0.15, 0.2) is 18.2 Å². The fourth-order valence-electron chi connectivity index (χ4n) is 2.86. The van der Waals surface area contributed by atoms with E-state index in [0.717, 1.165) is 31.2 Å². The first-order valence-electron chi connectivity index (χ1n) is 7.20. The highest BCUT2D eigenvalue weighted by molar-refractivity contribution is 6.18. The molecule has 1 aromatic carbocycles. The van der Waals surface area contributed by atoms with Crippen LogP contribution in [-0.4, -0.2) is 31.5 Å². The number of carbonyl (C=O) groups is 1. The van der Waals surface area contributed by atoms with Crippen molar-refractivity contribution in [2.75, 3.05) is 20.1 Å². The Morgan fingerprint density at radius 1 is 1.24 bits per heavy atom. The van der Waals surface area contributed by atoms with Crippen molar-refractivity contribution < 1.29 is 14.3 Å². The zero-order chi connectivity index (χ0) is 15.3. The van der Waals surface area contributed by atoms with Crippen LogP contribution in [0.3, 0.4) is 0 Å². The molecule has 1 aromatic rings. The number of benzene rings is 1. The summed E-state index contributed by atoms with van der Waals surface area (Å²) in [7, 11) is 3.18. The molecule has 0 saturated heterocycles. The SMILES string of the molecule is COc1ccc(CC(=O)NC2(CCl)CCCC2)cc1OC. The van der Waals surface area contributed by atoms with Crippen molar-refractivity contribution >= 4 is 17.5 Å². The zero-order valence-electron chi connectivity index (χ0n) is 12.6. The highest BCUT2D eigenvalue weighted by Crippen LogP contribution is 2.31. The van der Waals surface area contributed by atoms with E-state index in [1.807, 2.05) is 18.2 Å². The number of amides is 1. The molecule has 0 radical (unpaired) electrons. The van der Waals surface area contributed by atoms with E-state index in [1.54, 1.807) is 14.2 Å². The quantitative estimate of drug-likeness (QED) is 0.822. The van der Waals surface area contributed by atoms with Gasteiger partial charge in [-0.2, -0.15) is 0 Å². The lowest BCUT2D eigenvalue weighted by Gasteiger charge is -2.27. The Hall–Kier alpha value is -1.42. The number of alkyl halides is 1. The summed E-state index contributed by atoms with van der Waals surface area (Å²) >= 11 is 6.05. The number of nitrogens with one attached hydrogen (secondary N) is 1. The Kier molecular flexibility index (Phi) is 5.34. The smallest absolute Gasteiger partial charge is 0.224 e. The van der Waals surface area contributed by atoms with Gasteiger partial charge >= 0.3 is 0 Å². The Morgan fingerprint density at radius 3 is 2.48 bits per heavy atom. The zero-order valence-corrected chi connectivity index (χ0v) is 13.3.